The van der Waals surface area contributed by atoms with E-state index in [4.69, 9.17) is 10.7 Å². The predicted octanol–water partition coefficient (Wildman–Crippen LogP) is 1.54. The monoisotopic (exact) mass is 251 g/mol. The summed E-state index contributed by atoms with van der Waals surface area (Å²) in [6, 6.07) is 2.12. The zero-order chi connectivity index (χ0) is 11.8. The second-order valence-corrected chi connectivity index (χ2v) is 5.36. The SMILES string of the molecule is Cc1cc([N+](=O)[O-])c(O)c(S(=O)(=O)Cl)c1. The van der Waals surface area contributed by atoms with Gasteiger partial charge in [0.05, 0.1) is 4.92 Å². The number of phenolic OH excluding ortho intramolecular Hbond substituents is 1. The summed E-state index contributed by atoms with van der Waals surface area (Å²) >= 11 is 0. The van der Waals surface area contributed by atoms with Crippen molar-refractivity contribution in [1.82, 2.24) is 0 Å². The molecule has 1 aromatic carbocycles. The summed E-state index contributed by atoms with van der Waals surface area (Å²) in [5.41, 5.74) is -0.368. The highest BCUT2D eigenvalue weighted by atomic mass is 35.7. The van der Waals surface area contributed by atoms with Crippen LogP contribution in [0.5, 0.6) is 5.75 Å². The molecular weight excluding hydrogens is 246 g/mol. The quantitative estimate of drug-likeness (QED) is 0.488. The summed E-state index contributed by atoms with van der Waals surface area (Å²) in [4.78, 5) is 8.92. The lowest BCUT2D eigenvalue weighted by Crippen LogP contribution is -1.97. The van der Waals surface area contributed by atoms with E-state index in [1.54, 1.807) is 0 Å². The van der Waals surface area contributed by atoms with Gasteiger partial charge in [-0.2, -0.15) is 0 Å². The lowest BCUT2D eigenvalue weighted by molar-refractivity contribution is -0.386. The zero-order valence-electron chi connectivity index (χ0n) is 7.47. The van der Waals surface area contributed by atoms with Gasteiger partial charge >= 0.3 is 5.69 Å². The first-order chi connectivity index (χ1) is 6.73. The number of phenols is 1. The molecule has 0 saturated carbocycles. The van der Waals surface area contributed by atoms with Crippen LogP contribution in [0.3, 0.4) is 0 Å². The standard InChI is InChI=1S/C7H6ClNO5S/c1-4-2-5(9(11)12)7(10)6(3-4)15(8,13)14/h2-3,10H,1H3. The van der Waals surface area contributed by atoms with Gasteiger partial charge in [0, 0.05) is 16.7 Å². The molecule has 0 aliphatic carbocycles. The zero-order valence-corrected chi connectivity index (χ0v) is 9.04. The largest absolute Gasteiger partial charge is 0.501 e. The van der Waals surface area contributed by atoms with Crippen LogP contribution in [0.25, 0.3) is 0 Å². The number of hydrogen-bond donors (Lipinski definition) is 1. The molecule has 0 aromatic heterocycles. The molecule has 0 atom stereocenters. The molecule has 0 aliphatic heterocycles. The lowest BCUT2D eigenvalue weighted by Gasteiger charge is -2.02. The van der Waals surface area contributed by atoms with Gasteiger partial charge in [-0.25, -0.2) is 8.42 Å². The number of rotatable bonds is 2. The molecule has 82 valence electrons. The van der Waals surface area contributed by atoms with Crippen LogP contribution in [-0.4, -0.2) is 18.4 Å². The van der Waals surface area contributed by atoms with E-state index in [2.05, 4.69) is 0 Å². The Balaban J connectivity index is 3.63. The summed E-state index contributed by atoms with van der Waals surface area (Å²) in [5.74, 6) is -0.944. The number of nitro groups is 1. The Kier molecular flexibility index (Phi) is 2.87. The van der Waals surface area contributed by atoms with Crippen LogP contribution in [0.2, 0.25) is 0 Å². The molecule has 1 rings (SSSR count). The molecule has 0 heterocycles. The van der Waals surface area contributed by atoms with Gasteiger partial charge in [-0.3, -0.25) is 10.1 Å². The van der Waals surface area contributed by atoms with Gasteiger partial charge < -0.3 is 5.11 Å². The minimum absolute atomic E-state index is 0.318. The first kappa shape index (κ1) is 11.7. The molecule has 8 heteroatoms. The van der Waals surface area contributed by atoms with Crippen molar-refractivity contribution < 1.29 is 18.4 Å². The van der Waals surface area contributed by atoms with Gasteiger partial charge in [0.1, 0.15) is 4.90 Å². The predicted molar refractivity (Wildman–Crippen MR) is 52.5 cm³/mol. The van der Waals surface area contributed by atoms with Gasteiger partial charge in [-0.05, 0) is 18.6 Å². The lowest BCUT2D eigenvalue weighted by atomic mass is 10.2. The van der Waals surface area contributed by atoms with Crippen molar-refractivity contribution in [3.05, 3.63) is 27.8 Å². The topological polar surface area (TPSA) is 97.5 Å². The molecule has 0 bridgehead atoms. The summed E-state index contributed by atoms with van der Waals surface area (Å²) in [7, 11) is 0.808. The third kappa shape index (κ3) is 2.37. The minimum Gasteiger partial charge on any atom is -0.501 e. The number of aryl methyl sites for hydroxylation is 1. The fourth-order valence-electron chi connectivity index (χ4n) is 1.05. The van der Waals surface area contributed by atoms with E-state index < -0.39 is 30.3 Å². The number of nitrogens with zero attached hydrogens (tertiary/aromatic N) is 1. The van der Waals surface area contributed by atoms with Crippen molar-refractivity contribution in [3.63, 3.8) is 0 Å². The minimum atomic E-state index is -4.19. The van der Waals surface area contributed by atoms with Crippen LogP contribution in [0.1, 0.15) is 5.56 Å². The molecule has 1 N–H and O–H groups in total. The van der Waals surface area contributed by atoms with Gasteiger partial charge in [0.25, 0.3) is 9.05 Å². The fourth-order valence-corrected chi connectivity index (χ4v) is 2.07. The van der Waals surface area contributed by atoms with E-state index >= 15 is 0 Å². The van der Waals surface area contributed by atoms with E-state index in [1.165, 1.54) is 6.92 Å². The van der Waals surface area contributed by atoms with Gasteiger partial charge in [-0.15, -0.1) is 0 Å². The van der Waals surface area contributed by atoms with E-state index in [0.717, 1.165) is 12.1 Å². The summed E-state index contributed by atoms with van der Waals surface area (Å²) in [6.07, 6.45) is 0. The molecule has 0 aliphatic rings. The van der Waals surface area contributed by atoms with Crippen molar-refractivity contribution in [1.29, 1.82) is 0 Å². The first-order valence-electron chi connectivity index (χ1n) is 3.66. The Morgan fingerprint density at radius 3 is 2.40 bits per heavy atom. The normalized spacial score (nSPS) is 11.3. The Morgan fingerprint density at radius 1 is 1.47 bits per heavy atom. The maximum atomic E-state index is 11.0. The number of halogens is 1. The van der Waals surface area contributed by atoms with Crippen molar-refractivity contribution in [3.8, 4) is 5.75 Å². The summed E-state index contributed by atoms with van der Waals surface area (Å²) in [6.45, 7) is 1.46. The second kappa shape index (κ2) is 3.67. The molecule has 1 aromatic rings. The van der Waals surface area contributed by atoms with Crippen LogP contribution in [-0.2, 0) is 9.05 Å². The van der Waals surface area contributed by atoms with Crippen LogP contribution in [0.15, 0.2) is 17.0 Å². The van der Waals surface area contributed by atoms with Crippen molar-refractivity contribution in [2.45, 2.75) is 11.8 Å². The Hall–Kier alpha value is -1.34. The third-order valence-electron chi connectivity index (χ3n) is 1.66. The van der Waals surface area contributed by atoms with Crippen LogP contribution in [0, 0.1) is 17.0 Å². The molecule has 0 fully saturated rings. The Bertz CT molecular complexity index is 524. The van der Waals surface area contributed by atoms with E-state index in [1.807, 2.05) is 0 Å². The number of hydrogen-bond acceptors (Lipinski definition) is 5. The Morgan fingerprint density at radius 2 is 2.00 bits per heavy atom. The summed E-state index contributed by atoms with van der Waals surface area (Å²) in [5, 5.41) is 19.8. The smallest absolute Gasteiger partial charge is 0.312 e. The van der Waals surface area contributed by atoms with E-state index in [0.29, 0.717) is 5.56 Å². The van der Waals surface area contributed by atoms with Crippen LogP contribution >= 0.6 is 10.7 Å². The fraction of sp³-hybridized carbons (Fsp3) is 0.143. The van der Waals surface area contributed by atoms with Gasteiger partial charge in [0.15, 0.2) is 0 Å². The second-order valence-electron chi connectivity index (χ2n) is 2.83. The van der Waals surface area contributed by atoms with Crippen molar-refractivity contribution in [2.24, 2.45) is 0 Å². The molecule has 6 nitrogen and oxygen atoms in total. The summed E-state index contributed by atoms with van der Waals surface area (Å²) < 4.78 is 21.9. The molecule has 0 spiro atoms. The number of benzene rings is 1. The maximum absolute atomic E-state index is 11.0. The number of nitro benzene ring substituents is 1. The highest BCUT2D eigenvalue weighted by Gasteiger charge is 2.24. The molecule has 0 radical (unpaired) electrons. The molecule has 0 unspecified atom stereocenters. The van der Waals surface area contributed by atoms with Crippen LogP contribution < -0.4 is 0 Å². The van der Waals surface area contributed by atoms with Crippen molar-refractivity contribution >= 4 is 25.4 Å². The average Bonchev–Trinajstić information content (AvgIpc) is 2.06. The van der Waals surface area contributed by atoms with E-state index in [9.17, 15) is 23.6 Å². The molecule has 15 heavy (non-hydrogen) atoms. The van der Waals surface area contributed by atoms with E-state index in [-0.39, 0.29) is 0 Å². The number of aromatic hydroxyl groups is 1. The average molecular weight is 252 g/mol. The van der Waals surface area contributed by atoms with Gasteiger partial charge in [0.2, 0.25) is 5.75 Å². The Labute approximate surface area is 89.7 Å². The maximum Gasteiger partial charge on any atom is 0.312 e. The highest BCUT2D eigenvalue weighted by molar-refractivity contribution is 8.13. The van der Waals surface area contributed by atoms with Crippen molar-refractivity contribution in [2.75, 3.05) is 0 Å². The molecular formula is C7H6ClNO5S. The first-order valence-corrected chi connectivity index (χ1v) is 5.97. The van der Waals surface area contributed by atoms with Gasteiger partial charge in [-0.1, -0.05) is 0 Å². The van der Waals surface area contributed by atoms with Crippen LogP contribution in [0.4, 0.5) is 5.69 Å². The molecule has 0 amide bonds. The molecule has 0 saturated heterocycles. The third-order valence-corrected chi connectivity index (χ3v) is 2.99. The highest BCUT2D eigenvalue weighted by Crippen LogP contribution is 2.35.